The Morgan fingerprint density at radius 3 is 2.50 bits per heavy atom. The molecule has 180 valence electrons. The molecule has 9 heteroatoms. The minimum atomic E-state index is -4.53. The summed E-state index contributed by atoms with van der Waals surface area (Å²) in [6.45, 7) is 2.79. The van der Waals surface area contributed by atoms with Gasteiger partial charge in [-0.3, -0.25) is 9.89 Å². The van der Waals surface area contributed by atoms with Crippen LogP contribution in [0.25, 0.3) is 11.3 Å². The molecule has 0 atom stereocenters. The lowest BCUT2D eigenvalue weighted by atomic mass is 9.86. The summed E-state index contributed by atoms with van der Waals surface area (Å²) in [7, 11) is 0. The molecule has 1 saturated carbocycles. The van der Waals surface area contributed by atoms with Gasteiger partial charge in [-0.15, -0.1) is 0 Å². The lowest BCUT2D eigenvalue weighted by Crippen LogP contribution is -2.38. The highest BCUT2D eigenvalue weighted by molar-refractivity contribution is 6.33. The minimum Gasteiger partial charge on any atom is -0.368 e. The number of hydrogen-bond acceptors (Lipinski definition) is 3. The normalized spacial score (nSPS) is 18.5. The van der Waals surface area contributed by atoms with Crippen molar-refractivity contribution in [2.45, 2.75) is 44.8 Å². The van der Waals surface area contributed by atoms with Crippen LogP contribution in [0.2, 0.25) is 5.02 Å². The first-order valence-corrected chi connectivity index (χ1v) is 11.6. The number of hydrogen-bond donors (Lipinski definition) is 3. The van der Waals surface area contributed by atoms with Crippen molar-refractivity contribution in [3.05, 3.63) is 70.2 Å². The van der Waals surface area contributed by atoms with Crippen LogP contribution in [0.1, 0.15) is 47.2 Å². The Labute approximate surface area is 201 Å². The maximum Gasteiger partial charge on any atom is 0.416 e. The number of carbonyl (C=O) groups is 1. The minimum absolute atomic E-state index is 0.00707. The summed E-state index contributed by atoms with van der Waals surface area (Å²) in [4.78, 5) is 12.6. The number of benzene rings is 2. The average Bonchev–Trinajstić information content (AvgIpc) is 3.19. The van der Waals surface area contributed by atoms with Gasteiger partial charge in [-0.1, -0.05) is 41.9 Å². The van der Waals surface area contributed by atoms with Crippen molar-refractivity contribution in [1.29, 1.82) is 0 Å². The Balaban J connectivity index is 1.28. The van der Waals surface area contributed by atoms with E-state index in [0.29, 0.717) is 5.92 Å². The summed E-state index contributed by atoms with van der Waals surface area (Å²) in [6, 6.07) is 12.7. The van der Waals surface area contributed by atoms with Gasteiger partial charge in [0.1, 0.15) is 0 Å². The third-order valence-corrected chi connectivity index (χ3v) is 6.68. The summed E-state index contributed by atoms with van der Waals surface area (Å²) in [6.07, 6.45) is -1.24. The predicted octanol–water partition coefficient (Wildman–Crippen LogP) is 6.46. The molecule has 4 rings (SSSR count). The molecule has 1 aliphatic carbocycles. The number of alkyl halides is 3. The third kappa shape index (κ3) is 5.55. The van der Waals surface area contributed by atoms with Gasteiger partial charge >= 0.3 is 6.18 Å². The van der Waals surface area contributed by atoms with E-state index in [0.717, 1.165) is 73.1 Å². The molecule has 2 aromatic carbocycles. The van der Waals surface area contributed by atoms with Crippen molar-refractivity contribution in [3.8, 4) is 11.3 Å². The van der Waals surface area contributed by atoms with Crippen LogP contribution in [0, 0.1) is 12.8 Å². The van der Waals surface area contributed by atoms with E-state index in [4.69, 9.17) is 11.6 Å². The molecule has 5 nitrogen and oxygen atoms in total. The quantitative estimate of drug-likeness (QED) is 0.371. The van der Waals surface area contributed by atoms with Crippen molar-refractivity contribution in [3.63, 3.8) is 0 Å². The summed E-state index contributed by atoms with van der Waals surface area (Å²) in [5, 5.41) is 13.8. The monoisotopic (exact) mass is 490 g/mol. The van der Waals surface area contributed by atoms with E-state index in [2.05, 4.69) is 20.8 Å². The van der Waals surface area contributed by atoms with Gasteiger partial charge in [0, 0.05) is 18.2 Å². The molecular formula is C25H26ClF3N4O. The Morgan fingerprint density at radius 2 is 1.82 bits per heavy atom. The molecule has 0 unspecified atom stereocenters. The predicted molar refractivity (Wildman–Crippen MR) is 127 cm³/mol. The topological polar surface area (TPSA) is 69.8 Å². The third-order valence-electron chi connectivity index (χ3n) is 6.35. The second-order valence-corrected chi connectivity index (χ2v) is 9.11. The van der Waals surface area contributed by atoms with E-state index >= 15 is 0 Å². The zero-order valence-electron chi connectivity index (χ0n) is 18.7. The first-order chi connectivity index (χ1) is 16.2. The van der Waals surface area contributed by atoms with Crippen molar-refractivity contribution in [1.82, 2.24) is 15.5 Å². The molecule has 0 radical (unpaired) electrons. The summed E-state index contributed by atoms with van der Waals surface area (Å²) < 4.78 is 39.0. The van der Waals surface area contributed by atoms with Gasteiger partial charge in [0.2, 0.25) is 0 Å². The van der Waals surface area contributed by atoms with Crippen LogP contribution in [0.5, 0.6) is 0 Å². The van der Waals surface area contributed by atoms with Crippen molar-refractivity contribution >= 4 is 23.3 Å². The zero-order chi connectivity index (χ0) is 24.3. The Kier molecular flexibility index (Phi) is 7.16. The molecule has 3 aromatic rings. The van der Waals surface area contributed by atoms with Crippen molar-refractivity contribution < 1.29 is 18.0 Å². The number of amides is 1. The number of nitrogens with zero attached hydrogens (tertiary/aromatic N) is 1. The number of anilines is 1. The van der Waals surface area contributed by atoms with Gasteiger partial charge in [0.15, 0.2) is 5.82 Å². The first kappa shape index (κ1) is 24.1. The average molecular weight is 491 g/mol. The Hall–Kier alpha value is -3.00. The largest absolute Gasteiger partial charge is 0.416 e. The molecule has 0 saturated heterocycles. The van der Waals surface area contributed by atoms with Gasteiger partial charge in [-0.05, 0) is 62.3 Å². The molecule has 1 amide bonds. The molecule has 0 spiro atoms. The molecule has 1 fully saturated rings. The van der Waals surface area contributed by atoms with Gasteiger partial charge in [0.25, 0.3) is 5.91 Å². The molecule has 1 aromatic heterocycles. The number of H-pyrrole nitrogens is 1. The van der Waals surface area contributed by atoms with Crippen LogP contribution in [-0.2, 0) is 6.18 Å². The maximum atomic E-state index is 13.0. The van der Waals surface area contributed by atoms with Crippen LogP contribution in [0.15, 0.2) is 48.5 Å². The fourth-order valence-corrected chi connectivity index (χ4v) is 4.55. The van der Waals surface area contributed by atoms with Crippen molar-refractivity contribution in [2.24, 2.45) is 5.92 Å². The van der Waals surface area contributed by atoms with Crippen LogP contribution >= 0.6 is 11.6 Å². The SMILES string of the molecule is Cc1c(NCC2CCC(NC(=O)c3cc(C(F)(F)F)ccc3Cl)CC2)n[nH]c1-c1ccccc1. The van der Waals surface area contributed by atoms with E-state index in [1.165, 1.54) is 0 Å². The lowest BCUT2D eigenvalue weighted by molar-refractivity contribution is -0.137. The van der Waals surface area contributed by atoms with E-state index in [9.17, 15) is 18.0 Å². The zero-order valence-corrected chi connectivity index (χ0v) is 19.4. The summed E-state index contributed by atoms with van der Waals surface area (Å²) in [5.74, 6) is 0.674. The fourth-order valence-electron chi connectivity index (χ4n) is 4.35. The fraction of sp³-hybridized carbons (Fsp3) is 0.360. The molecule has 0 bridgehead atoms. The smallest absolute Gasteiger partial charge is 0.368 e. The highest BCUT2D eigenvalue weighted by Crippen LogP contribution is 2.32. The highest BCUT2D eigenvalue weighted by Gasteiger charge is 2.32. The Bertz CT molecular complexity index is 1140. The van der Waals surface area contributed by atoms with Gasteiger partial charge in [0.05, 0.1) is 21.8 Å². The maximum absolute atomic E-state index is 13.0. The number of nitrogens with one attached hydrogen (secondary N) is 3. The van der Waals surface area contributed by atoms with Gasteiger partial charge in [-0.25, -0.2) is 0 Å². The van der Waals surface area contributed by atoms with E-state index in [-0.39, 0.29) is 16.6 Å². The number of aromatic amines is 1. The lowest BCUT2D eigenvalue weighted by Gasteiger charge is -2.29. The molecule has 1 aliphatic rings. The van der Waals surface area contributed by atoms with E-state index in [1.54, 1.807) is 0 Å². The number of carbonyl (C=O) groups excluding carboxylic acids is 1. The van der Waals surface area contributed by atoms with Crippen LogP contribution in [-0.4, -0.2) is 28.7 Å². The van der Waals surface area contributed by atoms with Crippen molar-refractivity contribution in [2.75, 3.05) is 11.9 Å². The molecule has 0 aliphatic heterocycles. The second kappa shape index (κ2) is 10.1. The standard InChI is InChI=1S/C25H26ClF3N4O/c1-15-22(17-5-3-2-4-6-17)32-33-23(15)30-14-16-7-10-19(11-8-16)31-24(34)20-13-18(25(27,28)29)9-12-21(20)26/h2-6,9,12-13,16,19H,7-8,10-11,14H2,1H3,(H,31,34)(H2,30,32,33). The number of aromatic nitrogens is 2. The molecule has 1 heterocycles. The molecule has 34 heavy (non-hydrogen) atoms. The van der Waals surface area contributed by atoms with Gasteiger partial charge < -0.3 is 10.6 Å². The molecular weight excluding hydrogens is 465 g/mol. The summed E-state index contributed by atoms with van der Waals surface area (Å²) in [5.41, 5.74) is 2.09. The van der Waals surface area contributed by atoms with E-state index in [1.807, 2.05) is 37.3 Å². The van der Waals surface area contributed by atoms with E-state index < -0.39 is 17.6 Å². The summed E-state index contributed by atoms with van der Waals surface area (Å²) >= 11 is 5.99. The first-order valence-electron chi connectivity index (χ1n) is 11.2. The van der Waals surface area contributed by atoms with Gasteiger partial charge in [-0.2, -0.15) is 18.3 Å². The number of halogens is 4. The van der Waals surface area contributed by atoms with Crippen LogP contribution < -0.4 is 10.6 Å². The van der Waals surface area contributed by atoms with Crippen LogP contribution in [0.4, 0.5) is 19.0 Å². The molecule has 3 N–H and O–H groups in total. The van der Waals surface area contributed by atoms with Crippen LogP contribution in [0.3, 0.4) is 0 Å². The highest BCUT2D eigenvalue weighted by atomic mass is 35.5. The Morgan fingerprint density at radius 1 is 1.12 bits per heavy atom. The second-order valence-electron chi connectivity index (χ2n) is 8.70. The number of rotatable bonds is 6.